The van der Waals surface area contributed by atoms with Gasteiger partial charge in [0.25, 0.3) is 0 Å². The predicted octanol–water partition coefficient (Wildman–Crippen LogP) is 1.69. The molecule has 0 radical (unpaired) electrons. The number of nitrogens with zero attached hydrogens (tertiary/aromatic N) is 2. The Morgan fingerprint density at radius 3 is 2.60 bits per heavy atom. The molecule has 1 heterocycles. The first-order chi connectivity index (χ1) is 12.0. The molecule has 3 N–H and O–H groups in total. The topological polar surface area (TPSA) is 113 Å². The first-order valence-electron chi connectivity index (χ1n) is 7.59. The van der Waals surface area contributed by atoms with Gasteiger partial charge in [0.2, 0.25) is 0 Å². The number of carbonyl (C=O) groups excluding carboxylic acids is 1. The van der Waals surface area contributed by atoms with E-state index >= 15 is 0 Å². The van der Waals surface area contributed by atoms with Gasteiger partial charge in [-0.1, -0.05) is 18.2 Å². The molecule has 7 nitrogen and oxygen atoms in total. The number of phenols is 2. The molecular weight excluding hydrogens is 324 g/mol. The van der Waals surface area contributed by atoms with Crippen LogP contribution in [0.25, 0.3) is 11.0 Å². The molecule has 3 rings (SSSR count). The van der Waals surface area contributed by atoms with Crippen molar-refractivity contribution in [1.29, 1.82) is 0 Å². The van der Waals surface area contributed by atoms with Crippen molar-refractivity contribution >= 4 is 17.0 Å². The maximum atomic E-state index is 11.9. The SMILES string of the molecule is O=C(OCc1cnc2ccccc2n1)C(O)Cc1ccc(O)c(O)c1. The summed E-state index contributed by atoms with van der Waals surface area (Å²) >= 11 is 0. The third-order valence-corrected chi connectivity index (χ3v) is 3.60. The van der Waals surface area contributed by atoms with Gasteiger partial charge in [0.15, 0.2) is 17.6 Å². The lowest BCUT2D eigenvalue weighted by molar-refractivity contribution is -0.154. The number of aromatic nitrogens is 2. The highest BCUT2D eigenvalue weighted by molar-refractivity contribution is 5.75. The van der Waals surface area contributed by atoms with E-state index in [1.54, 1.807) is 6.07 Å². The number of aliphatic hydroxyl groups excluding tert-OH is 1. The van der Waals surface area contributed by atoms with Crippen LogP contribution >= 0.6 is 0 Å². The second kappa shape index (κ2) is 7.14. The zero-order chi connectivity index (χ0) is 17.8. The molecule has 0 aliphatic carbocycles. The van der Waals surface area contributed by atoms with Gasteiger partial charge in [0, 0.05) is 6.42 Å². The maximum absolute atomic E-state index is 11.9. The van der Waals surface area contributed by atoms with E-state index < -0.39 is 12.1 Å². The van der Waals surface area contributed by atoms with E-state index in [0.29, 0.717) is 16.8 Å². The average Bonchev–Trinajstić information content (AvgIpc) is 2.62. The zero-order valence-electron chi connectivity index (χ0n) is 13.2. The summed E-state index contributed by atoms with van der Waals surface area (Å²) in [7, 11) is 0. The van der Waals surface area contributed by atoms with Crippen LogP contribution in [0.1, 0.15) is 11.3 Å². The second-order valence-corrected chi connectivity index (χ2v) is 5.50. The molecule has 25 heavy (non-hydrogen) atoms. The fraction of sp³-hybridized carbons (Fsp3) is 0.167. The standard InChI is InChI=1S/C18H16N2O5/c21-15-6-5-11(7-16(15)22)8-17(23)18(24)25-10-12-9-19-13-3-1-2-4-14(13)20-12/h1-7,9,17,21-23H,8,10H2. The normalized spacial score (nSPS) is 12.0. The Labute approximate surface area is 143 Å². The number of aromatic hydroxyl groups is 2. The smallest absolute Gasteiger partial charge is 0.335 e. The average molecular weight is 340 g/mol. The van der Waals surface area contributed by atoms with Gasteiger partial charge in [0.1, 0.15) is 6.61 Å². The van der Waals surface area contributed by atoms with Gasteiger partial charge in [-0.05, 0) is 29.8 Å². The van der Waals surface area contributed by atoms with Gasteiger partial charge in [-0.2, -0.15) is 0 Å². The first kappa shape index (κ1) is 16.7. The number of carbonyl (C=O) groups is 1. The van der Waals surface area contributed by atoms with Crippen LogP contribution in [0.4, 0.5) is 0 Å². The van der Waals surface area contributed by atoms with Crippen LogP contribution in [0.5, 0.6) is 11.5 Å². The zero-order valence-corrected chi connectivity index (χ0v) is 13.2. The Bertz CT molecular complexity index is 913. The van der Waals surface area contributed by atoms with Gasteiger partial charge in [-0.15, -0.1) is 0 Å². The van der Waals surface area contributed by atoms with Gasteiger partial charge in [-0.3, -0.25) is 4.98 Å². The summed E-state index contributed by atoms with van der Waals surface area (Å²) in [4.78, 5) is 20.5. The Morgan fingerprint density at radius 2 is 1.84 bits per heavy atom. The maximum Gasteiger partial charge on any atom is 0.335 e. The molecule has 3 aromatic rings. The number of esters is 1. The summed E-state index contributed by atoms with van der Waals surface area (Å²) in [6, 6.07) is 11.4. The molecule has 1 unspecified atom stereocenters. The molecule has 0 saturated carbocycles. The summed E-state index contributed by atoms with van der Waals surface area (Å²) in [5, 5.41) is 28.6. The Morgan fingerprint density at radius 1 is 1.08 bits per heavy atom. The molecule has 0 saturated heterocycles. The molecule has 0 amide bonds. The highest BCUT2D eigenvalue weighted by atomic mass is 16.5. The molecule has 0 aliphatic heterocycles. The lowest BCUT2D eigenvalue weighted by Gasteiger charge is -2.11. The van der Waals surface area contributed by atoms with Gasteiger partial charge >= 0.3 is 5.97 Å². The fourth-order valence-electron chi connectivity index (χ4n) is 2.31. The number of aliphatic hydroxyl groups is 1. The Hall–Kier alpha value is -3.19. The number of ether oxygens (including phenoxy) is 1. The number of phenolic OH excluding ortho intramolecular Hbond substituents is 2. The van der Waals surface area contributed by atoms with Crippen LogP contribution in [-0.4, -0.2) is 37.4 Å². The van der Waals surface area contributed by atoms with Crippen LogP contribution in [0.2, 0.25) is 0 Å². The third kappa shape index (κ3) is 4.02. The van der Waals surface area contributed by atoms with Crippen LogP contribution in [0.3, 0.4) is 0 Å². The summed E-state index contributed by atoms with van der Waals surface area (Å²) in [5.74, 6) is -1.39. The van der Waals surface area contributed by atoms with E-state index in [-0.39, 0.29) is 24.5 Å². The highest BCUT2D eigenvalue weighted by Gasteiger charge is 2.18. The second-order valence-electron chi connectivity index (χ2n) is 5.50. The summed E-state index contributed by atoms with van der Waals surface area (Å²) < 4.78 is 5.06. The van der Waals surface area contributed by atoms with E-state index in [2.05, 4.69) is 9.97 Å². The number of fused-ring (bicyclic) bond motifs is 1. The van der Waals surface area contributed by atoms with Crippen molar-refractivity contribution in [2.24, 2.45) is 0 Å². The quantitative estimate of drug-likeness (QED) is 0.478. The minimum absolute atomic E-state index is 0.0456. The van der Waals surface area contributed by atoms with Gasteiger partial charge in [-0.25, -0.2) is 9.78 Å². The van der Waals surface area contributed by atoms with Crippen LogP contribution in [-0.2, 0) is 22.6 Å². The van der Waals surface area contributed by atoms with Gasteiger partial charge < -0.3 is 20.1 Å². The lowest BCUT2D eigenvalue weighted by Crippen LogP contribution is -2.25. The predicted molar refractivity (Wildman–Crippen MR) is 88.8 cm³/mol. The third-order valence-electron chi connectivity index (χ3n) is 3.60. The Kier molecular flexibility index (Phi) is 4.76. The molecule has 1 aromatic heterocycles. The van der Waals surface area contributed by atoms with E-state index in [9.17, 15) is 20.1 Å². The van der Waals surface area contributed by atoms with Crippen LogP contribution in [0, 0.1) is 0 Å². The number of benzene rings is 2. The molecule has 128 valence electrons. The van der Waals surface area contributed by atoms with Crippen molar-refractivity contribution in [3.8, 4) is 11.5 Å². The van der Waals surface area contributed by atoms with Crippen molar-refractivity contribution in [2.45, 2.75) is 19.1 Å². The lowest BCUT2D eigenvalue weighted by atomic mass is 10.1. The van der Waals surface area contributed by atoms with Crippen molar-refractivity contribution in [3.05, 3.63) is 59.9 Å². The molecule has 0 aliphatic rings. The van der Waals surface area contributed by atoms with Crippen molar-refractivity contribution in [2.75, 3.05) is 0 Å². The van der Waals surface area contributed by atoms with Crippen LogP contribution < -0.4 is 0 Å². The summed E-state index contributed by atoms with van der Waals surface area (Å²) in [6.45, 7) is -0.103. The molecule has 0 fully saturated rings. The number of hydrogen-bond donors (Lipinski definition) is 3. The van der Waals surface area contributed by atoms with E-state index in [4.69, 9.17) is 4.74 Å². The Balaban J connectivity index is 1.59. The molecular formula is C18H16N2O5. The van der Waals surface area contributed by atoms with E-state index in [1.807, 2.05) is 18.2 Å². The largest absolute Gasteiger partial charge is 0.504 e. The number of hydrogen-bond acceptors (Lipinski definition) is 7. The van der Waals surface area contributed by atoms with Crippen LogP contribution in [0.15, 0.2) is 48.7 Å². The number of rotatable bonds is 5. The number of para-hydroxylation sites is 2. The van der Waals surface area contributed by atoms with E-state index in [0.717, 1.165) is 5.52 Å². The molecule has 0 spiro atoms. The fourth-order valence-corrected chi connectivity index (χ4v) is 2.31. The van der Waals surface area contributed by atoms with Gasteiger partial charge in [0.05, 0.1) is 22.9 Å². The molecule has 1 atom stereocenters. The first-order valence-corrected chi connectivity index (χ1v) is 7.59. The van der Waals surface area contributed by atoms with Crippen molar-refractivity contribution < 1.29 is 24.9 Å². The van der Waals surface area contributed by atoms with Crippen molar-refractivity contribution in [3.63, 3.8) is 0 Å². The minimum atomic E-state index is -1.39. The summed E-state index contributed by atoms with van der Waals surface area (Å²) in [6.07, 6.45) is 0.0770. The summed E-state index contributed by atoms with van der Waals surface area (Å²) in [5.41, 5.74) is 2.40. The molecule has 0 bridgehead atoms. The van der Waals surface area contributed by atoms with E-state index in [1.165, 1.54) is 24.4 Å². The molecule has 7 heteroatoms. The monoisotopic (exact) mass is 340 g/mol. The van der Waals surface area contributed by atoms with Crippen molar-refractivity contribution in [1.82, 2.24) is 9.97 Å². The highest BCUT2D eigenvalue weighted by Crippen LogP contribution is 2.25. The minimum Gasteiger partial charge on any atom is -0.504 e. The molecule has 2 aromatic carbocycles.